The minimum atomic E-state index is -3.78. The van der Waals surface area contributed by atoms with Gasteiger partial charge in [-0.3, -0.25) is 0 Å². The van der Waals surface area contributed by atoms with Crippen LogP contribution in [0, 0.1) is 0 Å². The Bertz CT molecular complexity index is 667. The van der Waals surface area contributed by atoms with Crippen LogP contribution in [0.1, 0.15) is 56.3 Å². The van der Waals surface area contributed by atoms with Crippen LogP contribution in [0.15, 0.2) is 23.1 Å². The standard InChI is InChI=1S/C16H24N2O4S/c1-3-11(2)18-23(21,22)15-10-12(16(19)20)8-9-14(15)17-13-6-4-5-7-13/h8-11,13,17-18H,3-7H2,1-2H3,(H,19,20)/t11-/m0/s1. The predicted octanol–water partition coefficient (Wildman–Crippen LogP) is 2.82. The SMILES string of the molecule is CC[C@H](C)NS(=O)(=O)c1cc(C(=O)O)ccc1NC1CCCC1. The fraction of sp³-hybridized carbons (Fsp3) is 0.562. The van der Waals surface area contributed by atoms with Gasteiger partial charge in [0.05, 0.1) is 11.3 Å². The number of carboxylic acid groups (broad SMARTS) is 1. The predicted molar refractivity (Wildman–Crippen MR) is 89.4 cm³/mol. The molecule has 1 atom stereocenters. The second-order valence-electron chi connectivity index (χ2n) is 6.07. The van der Waals surface area contributed by atoms with E-state index in [4.69, 9.17) is 5.11 Å². The number of nitrogens with one attached hydrogen (secondary N) is 2. The molecular formula is C16H24N2O4S. The molecule has 1 saturated carbocycles. The Morgan fingerprint density at radius 1 is 1.35 bits per heavy atom. The zero-order chi connectivity index (χ0) is 17.0. The highest BCUT2D eigenvalue weighted by atomic mass is 32.2. The topological polar surface area (TPSA) is 95.5 Å². The molecule has 0 saturated heterocycles. The lowest BCUT2D eigenvalue weighted by atomic mass is 10.2. The molecule has 1 aromatic rings. The normalized spacial score (nSPS) is 17.1. The third-order valence-electron chi connectivity index (χ3n) is 4.20. The van der Waals surface area contributed by atoms with Crippen molar-refractivity contribution in [3.8, 4) is 0 Å². The quantitative estimate of drug-likeness (QED) is 0.709. The van der Waals surface area contributed by atoms with Crippen LogP contribution < -0.4 is 10.0 Å². The van der Waals surface area contributed by atoms with Crippen LogP contribution in [0.3, 0.4) is 0 Å². The molecule has 0 spiro atoms. The van der Waals surface area contributed by atoms with Crippen LogP contribution in [0.2, 0.25) is 0 Å². The molecule has 0 aliphatic heterocycles. The van der Waals surface area contributed by atoms with Gasteiger partial charge in [-0.05, 0) is 44.4 Å². The zero-order valence-electron chi connectivity index (χ0n) is 13.5. The molecule has 1 aliphatic rings. The summed E-state index contributed by atoms with van der Waals surface area (Å²) < 4.78 is 27.8. The minimum Gasteiger partial charge on any atom is -0.478 e. The first kappa shape index (κ1) is 17.7. The summed E-state index contributed by atoms with van der Waals surface area (Å²) in [6, 6.07) is 4.23. The molecular weight excluding hydrogens is 316 g/mol. The fourth-order valence-corrected chi connectivity index (χ4v) is 4.22. The number of hydrogen-bond acceptors (Lipinski definition) is 4. The lowest BCUT2D eigenvalue weighted by Gasteiger charge is -2.19. The Morgan fingerprint density at radius 3 is 2.57 bits per heavy atom. The van der Waals surface area contributed by atoms with Gasteiger partial charge in [-0.15, -0.1) is 0 Å². The number of hydrogen-bond donors (Lipinski definition) is 3. The highest BCUT2D eigenvalue weighted by Gasteiger charge is 2.24. The van der Waals surface area contributed by atoms with Gasteiger partial charge in [-0.2, -0.15) is 0 Å². The van der Waals surface area contributed by atoms with Crippen LogP contribution in [-0.2, 0) is 10.0 Å². The number of carbonyl (C=O) groups is 1. The van der Waals surface area contributed by atoms with Crippen molar-refractivity contribution in [2.45, 2.75) is 62.9 Å². The largest absolute Gasteiger partial charge is 0.478 e. The number of benzene rings is 1. The zero-order valence-corrected chi connectivity index (χ0v) is 14.3. The van der Waals surface area contributed by atoms with E-state index in [9.17, 15) is 13.2 Å². The van der Waals surface area contributed by atoms with Crippen LogP contribution in [0.5, 0.6) is 0 Å². The molecule has 0 heterocycles. The third kappa shape index (κ3) is 4.45. The fourth-order valence-electron chi connectivity index (χ4n) is 2.70. The van der Waals surface area contributed by atoms with Crippen LogP contribution in [0.4, 0.5) is 5.69 Å². The Balaban J connectivity index is 2.39. The maximum absolute atomic E-state index is 12.6. The van der Waals surface area contributed by atoms with Crippen molar-refractivity contribution < 1.29 is 18.3 Å². The minimum absolute atomic E-state index is 0.00426. The molecule has 0 bridgehead atoms. The van der Waals surface area contributed by atoms with Gasteiger partial charge in [0.25, 0.3) is 0 Å². The maximum atomic E-state index is 12.6. The Morgan fingerprint density at radius 2 is 2.00 bits per heavy atom. The summed E-state index contributed by atoms with van der Waals surface area (Å²) in [5, 5.41) is 12.4. The van der Waals surface area contributed by atoms with Gasteiger partial charge in [0.15, 0.2) is 0 Å². The van der Waals surface area contributed by atoms with Crippen LogP contribution in [-0.4, -0.2) is 31.6 Å². The molecule has 7 heteroatoms. The maximum Gasteiger partial charge on any atom is 0.335 e. The number of carboxylic acids is 1. The van der Waals surface area contributed by atoms with E-state index in [1.807, 2.05) is 6.92 Å². The Labute approximate surface area is 137 Å². The van der Waals surface area contributed by atoms with Crippen molar-refractivity contribution in [2.24, 2.45) is 0 Å². The summed E-state index contributed by atoms with van der Waals surface area (Å²) >= 11 is 0. The van der Waals surface area contributed by atoms with Gasteiger partial charge in [0, 0.05) is 12.1 Å². The molecule has 0 radical (unpaired) electrons. The van der Waals surface area contributed by atoms with Gasteiger partial charge in [0.2, 0.25) is 10.0 Å². The molecule has 1 fully saturated rings. The second-order valence-corrected chi connectivity index (χ2v) is 7.75. The first-order valence-corrected chi connectivity index (χ1v) is 9.48. The molecule has 2 rings (SSSR count). The first-order valence-electron chi connectivity index (χ1n) is 7.99. The van der Waals surface area contributed by atoms with Crippen LogP contribution in [0.25, 0.3) is 0 Å². The van der Waals surface area contributed by atoms with E-state index in [2.05, 4.69) is 10.0 Å². The average Bonchev–Trinajstić information content (AvgIpc) is 2.99. The van der Waals surface area contributed by atoms with Gasteiger partial charge in [-0.1, -0.05) is 19.8 Å². The summed E-state index contributed by atoms with van der Waals surface area (Å²) in [7, 11) is -3.78. The average molecular weight is 340 g/mol. The lowest BCUT2D eigenvalue weighted by Crippen LogP contribution is -2.33. The van der Waals surface area contributed by atoms with Gasteiger partial charge < -0.3 is 10.4 Å². The molecule has 128 valence electrons. The van der Waals surface area contributed by atoms with E-state index in [0.717, 1.165) is 25.7 Å². The van der Waals surface area contributed by atoms with Crippen molar-refractivity contribution in [1.82, 2.24) is 4.72 Å². The number of anilines is 1. The first-order chi connectivity index (χ1) is 10.8. The van der Waals surface area contributed by atoms with Crippen molar-refractivity contribution in [2.75, 3.05) is 5.32 Å². The van der Waals surface area contributed by atoms with E-state index in [1.165, 1.54) is 12.1 Å². The molecule has 0 aromatic heterocycles. The van der Waals surface area contributed by atoms with Crippen molar-refractivity contribution >= 4 is 21.7 Å². The van der Waals surface area contributed by atoms with E-state index in [0.29, 0.717) is 12.1 Å². The number of aromatic carboxylic acids is 1. The van der Waals surface area contributed by atoms with Crippen molar-refractivity contribution in [1.29, 1.82) is 0 Å². The number of sulfonamides is 1. The molecule has 1 aliphatic carbocycles. The van der Waals surface area contributed by atoms with E-state index >= 15 is 0 Å². The third-order valence-corrected chi connectivity index (χ3v) is 5.83. The highest BCUT2D eigenvalue weighted by molar-refractivity contribution is 7.89. The van der Waals surface area contributed by atoms with Gasteiger partial charge in [0.1, 0.15) is 4.90 Å². The molecule has 6 nitrogen and oxygen atoms in total. The van der Waals surface area contributed by atoms with Crippen molar-refractivity contribution in [3.05, 3.63) is 23.8 Å². The monoisotopic (exact) mass is 340 g/mol. The summed E-state index contributed by atoms with van der Waals surface area (Å²) in [6.45, 7) is 3.67. The van der Waals surface area contributed by atoms with Crippen LogP contribution >= 0.6 is 0 Å². The smallest absolute Gasteiger partial charge is 0.335 e. The summed E-state index contributed by atoms with van der Waals surface area (Å²) in [6.07, 6.45) is 4.90. The lowest BCUT2D eigenvalue weighted by molar-refractivity contribution is 0.0696. The Kier molecular flexibility index (Phi) is 5.64. The Hall–Kier alpha value is -1.60. The van der Waals surface area contributed by atoms with E-state index < -0.39 is 16.0 Å². The summed E-state index contributed by atoms with van der Waals surface area (Å²) in [5.74, 6) is -1.14. The summed E-state index contributed by atoms with van der Waals surface area (Å²) in [4.78, 5) is 11.2. The van der Waals surface area contributed by atoms with Gasteiger partial charge >= 0.3 is 5.97 Å². The molecule has 0 unspecified atom stereocenters. The molecule has 3 N–H and O–H groups in total. The van der Waals surface area contributed by atoms with E-state index in [-0.39, 0.29) is 22.5 Å². The van der Waals surface area contributed by atoms with Crippen molar-refractivity contribution in [3.63, 3.8) is 0 Å². The second kappa shape index (κ2) is 7.31. The molecule has 0 amide bonds. The van der Waals surface area contributed by atoms with Gasteiger partial charge in [-0.25, -0.2) is 17.9 Å². The number of rotatable bonds is 7. The van der Waals surface area contributed by atoms with E-state index in [1.54, 1.807) is 13.0 Å². The molecule has 23 heavy (non-hydrogen) atoms. The molecule has 1 aromatic carbocycles. The highest BCUT2D eigenvalue weighted by Crippen LogP contribution is 2.28. The summed E-state index contributed by atoms with van der Waals surface area (Å²) in [5.41, 5.74) is 0.434.